The summed E-state index contributed by atoms with van der Waals surface area (Å²) in [6, 6.07) is 5.67. The first kappa shape index (κ1) is 18.0. The fraction of sp³-hybridized carbons (Fsp3) is 0.474. The van der Waals surface area contributed by atoms with Crippen LogP contribution in [0.1, 0.15) is 38.3 Å². The SMILES string of the molecule is C=CC1CC(=O)N(Cc2cc(NC(=O)OC(C)(C)C)ccc2C)C1. The van der Waals surface area contributed by atoms with E-state index in [2.05, 4.69) is 11.9 Å². The van der Waals surface area contributed by atoms with E-state index in [0.29, 0.717) is 25.2 Å². The van der Waals surface area contributed by atoms with E-state index in [1.807, 2.05) is 56.9 Å². The van der Waals surface area contributed by atoms with Crippen molar-refractivity contribution in [1.29, 1.82) is 0 Å². The van der Waals surface area contributed by atoms with Gasteiger partial charge in [0.2, 0.25) is 5.91 Å². The van der Waals surface area contributed by atoms with Crippen LogP contribution >= 0.6 is 0 Å². The molecule has 5 heteroatoms. The van der Waals surface area contributed by atoms with Gasteiger partial charge in [0.05, 0.1) is 0 Å². The van der Waals surface area contributed by atoms with E-state index in [9.17, 15) is 9.59 Å². The smallest absolute Gasteiger partial charge is 0.412 e. The Bertz CT molecular complexity index is 647. The topological polar surface area (TPSA) is 58.6 Å². The summed E-state index contributed by atoms with van der Waals surface area (Å²) in [4.78, 5) is 25.8. The third kappa shape index (κ3) is 4.85. The van der Waals surface area contributed by atoms with Crippen molar-refractivity contribution in [3.8, 4) is 0 Å². The van der Waals surface area contributed by atoms with Crippen molar-refractivity contribution in [1.82, 2.24) is 4.90 Å². The van der Waals surface area contributed by atoms with Gasteiger partial charge in [-0.05, 0) is 51.0 Å². The molecule has 1 unspecified atom stereocenters. The highest BCUT2D eigenvalue weighted by molar-refractivity contribution is 5.85. The zero-order valence-corrected chi connectivity index (χ0v) is 14.9. The van der Waals surface area contributed by atoms with Crippen LogP contribution in [-0.2, 0) is 16.1 Å². The Balaban J connectivity index is 2.07. The van der Waals surface area contributed by atoms with Crippen molar-refractivity contribution in [3.63, 3.8) is 0 Å². The number of carbonyl (C=O) groups excluding carboxylic acids is 2. The Labute approximate surface area is 143 Å². The number of nitrogens with one attached hydrogen (secondary N) is 1. The van der Waals surface area contributed by atoms with Gasteiger partial charge in [0.15, 0.2) is 0 Å². The minimum Gasteiger partial charge on any atom is -0.444 e. The van der Waals surface area contributed by atoms with Crippen LogP contribution in [0.4, 0.5) is 10.5 Å². The van der Waals surface area contributed by atoms with Crippen molar-refractivity contribution >= 4 is 17.7 Å². The molecule has 5 nitrogen and oxygen atoms in total. The molecule has 0 radical (unpaired) electrons. The Hall–Kier alpha value is -2.30. The Morgan fingerprint density at radius 2 is 2.17 bits per heavy atom. The van der Waals surface area contributed by atoms with Crippen LogP contribution < -0.4 is 5.32 Å². The van der Waals surface area contributed by atoms with Gasteiger partial charge in [-0.3, -0.25) is 10.1 Å². The average molecular weight is 330 g/mol. The number of aryl methyl sites for hydroxylation is 1. The second-order valence-corrected chi connectivity index (χ2v) is 7.24. The van der Waals surface area contributed by atoms with E-state index in [1.165, 1.54) is 0 Å². The van der Waals surface area contributed by atoms with Crippen LogP contribution in [0, 0.1) is 12.8 Å². The molecule has 1 aliphatic rings. The zero-order chi connectivity index (χ0) is 17.9. The maximum Gasteiger partial charge on any atom is 0.412 e. The van der Waals surface area contributed by atoms with E-state index >= 15 is 0 Å². The highest BCUT2D eigenvalue weighted by atomic mass is 16.6. The van der Waals surface area contributed by atoms with Crippen molar-refractivity contribution in [2.75, 3.05) is 11.9 Å². The largest absolute Gasteiger partial charge is 0.444 e. The van der Waals surface area contributed by atoms with Gasteiger partial charge in [0.1, 0.15) is 5.60 Å². The van der Waals surface area contributed by atoms with Gasteiger partial charge >= 0.3 is 6.09 Å². The summed E-state index contributed by atoms with van der Waals surface area (Å²) >= 11 is 0. The van der Waals surface area contributed by atoms with Gasteiger partial charge in [-0.2, -0.15) is 0 Å². The number of hydrogen-bond donors (Lipinski definition) is 1. The van der Waals surface area contributed by atoms with Gasteiger partial charge in [-0.1, -0.05) is 12.1 Å². The summed E-state index contributed by atoms with van der Waals surface area (Å²) in [7, 11) is 0. The molecule has 2 rings (SSSR count). The molecule has 1 aromatic carbocycles. The molecule has 2 amide bonds. The zero-order valence-electron chi connectivity index (χ0n) is 14.9. The monoisotopic (exact) mass is 330 g/mol. The molecule has 1 saturated heterocycles. The average Bonchev–Trinajstić information content (AvgIpc) is 2.81. The van der Waals surface area contributed by atoms with Crippen molar-refractivity contribution < 1.29 is 14.3 Å². The number of nitrogens with zero attached hydrogens (tertiary/aromatic N) is 1. The number of hydrogen-bond acceptors (Lipinski definition) is 3. The molecular formula is C19H26N2O3. The lowest BCUT2D eigenvalue weighted by atomic mass is 10.1. The van der Waals surface area contributed by atoms with Gasteiger partial charge in [0.25, 0.3) is 0 Å². The molecule has 0 aromatic heterocycles. The number of rotatable bonds is 4. The second kappa shape index (κ2) is 7.07. The summed E-state index contributed by atoms with van der Waals surface area (Å²) in [5.74, 6) is 0.366. The molecule has 0 spiro atoms. The van der Waals surface area contributed by atoms with Crippen LogP contribution in [0.5, 0.6) is 0 Å². The molecule has 1 N–H and O–H groups in total. The molecular weight excluding hydrogens is 304 g/mol. The summed E-state index contributed by atoms with van der Waals surface area (Å²) in [6.45, 7) is 12.5. The number of carbonyl (C=O) groups is 2. The van der Waals surface area contributed by atoms with Crippen LogP contribution in [0.25, 0.3) is 0 Å². The summed E-state index contributed by atoms with van der Waals surface area (Å²) in [6.07, 6.45) is 1.88. The van der Waals surface area contributed by atoms with Crippen LogP contribution in [0.3, 0.4) is 0 Å². The summed E-state index contributed by atoms with van der Waals surface area (Å²) in [5, 5.41) is 2.74. The number of anilines is 1. The molecule has 0 saturated carbocycles. The van der Waals surface area contributed by atoms with Gasteiger partial charge in [-0.15, -0.1) is 6.58 Å². The van der Waals surface area contributed by atoms with Crippen molar-refractivity contribution in [3.05, 3.63) is 42.0 Å². The van der Waals surface area contributed by atoms with E-state index in [4.69, 9.17) is 4.74 Å². The van der Waals surface area contributed by atoms with Gasteiger partial charge in [0, 0.05) is 31.1 Å². The fourth-order valence-corrected chi connectivity index (χ4v) is 2.66. The predicted molar refractivity (Wildman–Crippen MR) is 94.8 cm³/mol. The Morgan fingerprint density at radius 3 is 2.75 bits per heavy atom. The third-order valence-corrected chi connectivity index (χ3v) is 3.93. The quantitative estimate of drug-likeness (QED) is 0.852. The molecule has 0 bridgehead atoms. The first-order valence-corrected chi connectivity index (χ1v) is 8.18. The highest BCUT2D eigenvalue weighted by Gasteiger charge is 2.27. The molecule has 1 fully saturated rings. The molecule has 1 aliphatic heterocycles. The maximum absolute atomic E-state index is 12.1. The van der Waals surface area contributed by atoms with Crippen LogP contribution in [-0.4, -0.2) is 29.0 Å². The fourth-order valence-electron chi connectivity index (χ4n) is 2.66. The lowest BCUT2D eigenvalue weighted by molar-refractivity contribution is -0.128. The number of likely N-dealkylation sites (tertiary alicyclic amines) is 1. The molecule has 130 valence electrons. The molecule has 24 heavy (non-hydrogen) atoms. The van der Waals surface area contributed by atoms with E-state index in [-0.39, 0.29) is 11.8 Å². The standard InChI is InChI=1S/C19H26N2O3/c1-6-14-9-17(22)21(11-14)12-15-10-16(8-7-13(15)2)20-18(23)24-19(3,4)5/h6-8,10,14H,1,9,11-12H2,2-5H3,(H,20,23). The highest BCUT2D eigenvalue weighted by Crippen LogP contribution is 2.24. The van der Waals surface area contributed by atoms with E-state index in [1.54, 1.807) is 0 Å². The number of amides is 2. The second-order valence-electron chi connectivity index (χ2n) is 7.24. The molecule has 1 heterocycles. The van der Waals surface area contributed by atoms with E-state index < -0.39 is 11.7 Å². The van der Waals surface area contributed by atoms with E-state index in [0.717, 1.165) is 11.1 Å². The van der Waals surface area contributed by atoms with Crippen molar-refractivity contribution in [2.24, 2.45) is 5.92 Å². The predicted octanol–water partition coefficient (Wildman–Crippen LogP) is 3.88. The minimum atomic E-state index is -0.542. The lowest BCUT2D eigenvalue weighted by Crippen LogP contribution is -2.27. The van der Waals surface area contributed by atoms with Crippen molar-refractivity contribution in [2.45, 2.75) is 46.3 Å². The van der Waals surface area contributed by atoms with Gasteiger partial charge in [-0.25, -0.2) is 4.79 Å². The number of benzene rings is 1. The first-order chi connectivity index (χ1) is 11.2. The lowest BCUT2D eigenvalue weighted by Gasteiger charge is -2.21. The maximum atomic E-state index is 12.1. The minimum absolute atomic E-state index is 0.143. The first-order valence-electron chi connectivity index (χ1n) is 8.18. The molecule has 0 aliphatic carbocycles. The normalized spacial score (nSPS) is 17.8. The Morgan fingerprint density at radius 1 is 1.46 bits per heavy atom. The van der Waals surface area contributed by atoms with Gasteiger partial charge < -0.3 is 9.64 Å². The molecule has 1 aromatic rings. The summed E-state index contributed by atoms with van der Waals surface area (Å²) in [5.41, 5.74) is 2.22. The third-order valence-electron chi connectivity index (χ3n) is 3.93. The Kier molecular flexibility index (Phi) is 5.32. The molecule has 1 atom stereocenters. The summed E-state index contributed by atoms with van der Waals surface area (Å²) < 4.78 is 5.27. The van der Waals surface area contributed by atoms with Crippen LogP contribution in [0.2, 0.25) is 0 Å². The van der Waals surface area contributed by atoms with Crippen LogP contribution in [0.15, 0.2) is 30.9 Å². The number of ether oxygens (including phenoxy) is 1.